The molecule has 2 rings (SSSR count). The zero-order valence-electron chi connectivity index (χ0n) is 10.9. The maximum atomic E-state index is 13.2. The smallest absolute Gasteiger partial charge is 0.163 e. The first-order chi connectivity index (χ1) is 9.40. The Kier molecular flexibility index (Phi) is 3.89. The second-order valence-electron chi connectivity index (χ2n) is 4.25. The molecule has 4 nitrogen and oxygen atoms in total. The van der Waals surface area contributed by atoms with Crippen molar-refractivity contribution < 1.29 is 8.78 Å². The molecule has 0 aliphatic carbocycles. The van der Waals surface area contributed by atoms with E-state index in [1.165, 1.54) is 6.07 Å². The summed E-state index contributed by atoms with van der Waals surface area (Å²) in [5, 5.41) is 10.8. The van der Waals surface area contributed by atoms with Crippen molar-refractivity contribution in [3.8, 4) is 0 Å². The van der Waals surface area contributed by atoms with Gasteiger partial charge in [0.15, 0.2) is 17.5 Å². The van der Waals surface area contributed by atoms with Gasteiger partial charge in [0.05, 0.1) is 11.3 Å². The van der Waals surface area contributed by atoms with Crippen LogP contribution in [0.3, 0.4) is 0 Å². The van der Waals surface area contributed by atoms with Crippen LogP contribution in [0.1, 0.15) is 16.8 Å². The van der Waals surface area contributed by atoms with E-state index in [1.54, 1.807) is 6.92 Å². The molecule has 1 aromatic carbocycles. The summed E-state index contributed by atoms with van der Waals surface area (Å²) in [6.45, 7) is 3.60. The molecule has 1 heterocycles. The molecule has 0 amide bonds. The largest absolute Gasteiger partial charge is 0.389 e. The van der Waals surface area contributed by atoms with Crippen LogP contribution in [-0.2, 0) is 0 Å². The van der Waals surface area contributed by atoms with Gasteiger partial charge in [-0.1, -0.05) is 12.2 Å². The molecule has 20 heavy (non-hydrogen) atoms. The van der Waals surface area contributed by atoms with Crippen LogP contribution < -0.4 is 11.1 Å². The summed E-state index contributed by atoms with van der Waals surface area (Å²) >= 11 is 5.00. The summed E-state index contributed by atoms with van der Waals surface area (Å²) in [4.78, 5) is 0.158. The third-order valence-corrected chi connectivity index (χ3v) is 3.09. The molecule has 0 fully saturated rings. The van der Waals surface area contributed by atoms with E-state index in [0.29, 0.717) is 22.8 Å². The molecule has 0 aliphatic heterocycles. The number of rotatable bonds is 3. The van der Waals surface area contributed by atoms with Crippen molar-refractivity contribution in [3.63, 3.8) is 0 Å². The second kappa shape index (κ2) is 5.46. The molecule has 1 aromatic heterocycles. The standard InChI is InChI=1S/C13H12F2N4S/c1-6-7(2)18-19-13(11(6)12(16)20)17-8-3-4-9(14)10(15)5-8/h3-5H,1-2H3,(H2,16,20)(H,17,19). The van der Waals surface area contributed by atoms with Crippen molar-refractivity contribution in [1.82, 2.24) is 10.2 Å². The molecule has 0 atom stereocenters. The Hall–Kier alpha value is -2.15. The maximum Gasteiger partial charge on any atom is 0.163 e. The van der Waals surface area contributed by atoms with Crippen LogP contribution in [0.5, 0.6) is 0 Å². The van der Waals surface area contributed by atoms with Gasteiger partial charge in [0.1, 0.15) is 4.99 Å². The molecule has 0 bridgehead atoms. The first-order valence-electron chi connectivity index (χ1n) is 5.76. The number of nitrogens with one attached hydrogen (secondary N) is 1. The van der Waals surface area contributed by atoms with Crippen LogP contribution in [0, 0.1) is 25.5 Å². The Balaban J connectivity index is 2.45. The molecule has 0 radical (unpaired) electrons. The van der Waals surface area contributed by atoms with Crippen LogP contribution in [-0.4, -0.2) is 15.2 Å². The molecular weight excluding hydrogens is 282 g/mol. The number of aromatic nitrogens is 2. The van der Waals surface area contributed by atoms with Gasteiger partial charge in [0.2, 0.25) is 0 Å². The highest BCUT2D eigenvalue weighted by Crippen LogP contribution is 2.23. The number of halogens is 2. The summed E-state index contributed by atoms with van der Waals surface area (Å²) in [6, 6.07) is 3.43. The van der Waals surface area contributed by atoms with Crippen LogP contribution in [0.15, 0.2) is 18.2 Å². The number of hydrogen-bond donors (Lipinski definition) is 2. The van der Waals surface area contributed by atoms with E-state index in [-0.39, 0.29) is 4.99 Å². The van der Waals surface area contributed by atoms with Gasteiger partial charge in [0, 0.05) is 11.8 Å². The van der Waals surface area contributed by atoms with Gasteiger partial charge >= 0.3 is 0 Å². The quantitative estimate of drug-likeness (QED) is 0.852. The molecule has 0 saturated heterocycles. The third-order valence-electron chi connectivity index (χ3n) is 2.88. The van der Waals surface area contributed by atoms with Crippen molar-refractivity contribution in [1.29, 1.82) is 0 Å². The normalized spacial score (nSPS) is 10.4. The number of nitrogens with two attached hydrogens (primary N) is 1. The van der Waals surface area contributed by atoms with Gasteiger partial charge < -0.3 is 11.1 Å². The lowest BCUT2D eigenvalue weighted by Crippen LogP contribution is -2.17. The minimum atomic E-state index is -0.955. The molecular formula is C13H12F2N4S. The van der Waals surface area contributed by atoms with E-state index in [4.69, 9.17) is 18.0 Å². The highest BCUT2D eigenvalue weighted by atomic mass is 32.1. The summed E-state index contributed by atoms with van der Waals surface area (Å²) in [5.41, 5.74) is 8.04. The second-order valence-corrected chi connectivity index (χ2v) is 4.69. The topological polar surface area (TPSA) is 63.8 Å². The zero-order valence-corrected chi connectivity index (χ0v) is 11.7. The Bertz CT molecular complexity index is 688. The number of aryl methyl sites for hydroxylation is 1. The van der Waals surface area contributed by atoms with Gasteiger partial charge in [0.25, 0.3) is 0 Å². The molecule has 0 aliphatic rings. The summed E-state index contributed by atoms with van der Waals surface area (Å²) in [5.74, 6) is -1.56. The first-order valence-corrected chi connectivity index (χ1v) is 6.16. The highest BCUT2D eigenvalue weighted by molar-refractivity contribution is 7.80. The SMILES string of the molecule is Cc1nnc(Nc2ccc(F)c(F)c2)c(C(N)=S)c1C. The predicted molar refractivity (Wildman–Crippen MR) is 77.0 cm³/mol. The molecule has 104 valence electrons. The van der Waals surface area contributed by atoms with E-state index in [9.17, 15) is 8.78 Å². The monoisotopic (exact) mass is 294 g/mol. The van der Waals surface area contributed by atoms with Crippen molar-refractivity contribution in [2.24, 2.45) is 5.73 Å². The lowest BCUT2D eigenvalue weighted by molar-refractivity contribution is 0.509. The Morgan fingerprint density at radius 1 is 1.20 bits per heavy atom. The fourth-order valence-electron chi connectivity index (χ4n) is 1.71. The Morgan fingerprint density at radius 2 is 1.90 bits per heavy atom. The van der Waals surface area contributed by atoms with Crippen LogP contribution in [0.25, 0.3) is 0 Å². The van der Waals surface area contributed by atoms with Crippen molar-refractivity contribution in [2.75, 3.05) is 5.32 Å². The minimum Gasteiger partial charge on any atom is -0.389 e. The van der Waals surface area contributed by atoms with Gasteiger partial charge in [-0.05, 0) is 31.5 Å². The Morgan fingerprint density at radius 3 is 2.50 bits per heavy atom. The van der Waals surface area contributed by atoms with E-state index >= 15 is 0 Å². The van der Waals surface area contributed by atoms with Crippen LogP contribution >= 0.6 is 12.2 Å². The van der Waals surface area contributed by atoms with E-state index in [0.717, 1.165) is 17.7 Å². The molecule has 2 aromatic rings. The number of hydrogen-bond acceptors (Lipinski definition) is 4. The first kappa shape index (κ1) is 14.3. The lowest BCUT2D eigenvalue weighted by Gasteiger charge is -2.13. The van der Waals surface area contributed by atoms with Crippen LogP contribution in [0.2, 0.25) is 0 Å². The Labute approximate surface area is 120 Å². The molecule has 0 saturated carbocycles. The van der Waals surface area contributed by atoms with Gasteiger partial charge in [-0.3, -0.25) is 0 Å². The number of anilines is 2. The summed E-state index contributed by atoms with van der Waals surface area (Å²) in [6.07, 6.45) is 0. The minimum absolute atomic E-state index is 0.158. The van der Waals surface area contributed by atoms with Crippen molar-refractivity contribution in [2.45, 2.75) is 13.8 Å². The zero-order chi connectivity index (χ0) is 14.9. The third kappa shape index (κ3) is 2.72. The number of nitrogens with zero attached hydrogens (tertiary/aromatic N) is 2. The van der Waals surface area contributed by atoms with Gasteiger partial charge in [-0.2, -0.15) is 5.10 Å². The average molecular weight is 294 g/mol. The molecule has 7 heteroatoms. The summed E-state index contributed by atoms with van der Waals surface area (Å²) in [7, 11) is 0. The maximum absolute atomic E-state index is 13.2. The highest BCUT2D eigenvalue weighted by Gasteiger charge is 2.14. The van der Waals surface area contributed by atoms with E-state index in [1.807, 2.05) is 6.92 Å². The fourth-order valence-corrected chi connectivity index (χ4v) is 1.96. The van der Waals surface area contributed by atoms with Crippen molar-refractivity contribution in [3.05, 3.63) is 46.7 Å². The van der Waals surface area contributed by atoms with Gasteiger partial charge in [-0.25, -0.2) is 8.78 Å². The predicted octanol–water partition coefficient (Wildman–Crippen LogP) is 2.75. The lowest BCUT2D eigenvalue weighted by atomic mass is 10.1. The van der Waals surface area contributed by atoms with E-state index in [2.05, 4.69) is 15.5 Å². The van der Waals surface area contributed by atoms with Crippen molar-refractivity contribution >= 4 is 28.7 Å². The van der Waals surface area contributed by atoms with E-state index < -0.39 is 11.6 Å². The number of thiocarbonyl (C=S) groups is 1. The van der Waals surface area contributed by atoms with Gasteiger partial charge in [-0.15, -0.1) is 5.10 Å². The molecule has 3 N–H and O–H groups in total. The van der Waals surface area contributed by atoms with Crippen LogP contribution in [0.4, 0.5) is 20.3 Å². The average Bonchev–Trinajstić information content (AvgIpc) is 2.38. The molecule has 0 spiro atoms. The summed E-state index contributed by atoms with van der Waals surface area (Å²) < 4.78 is 26.1. The number of benzene rings is 1. The molecule has 0 unspecified atom stereocenters. The fraction of sp³-hybridized carbons (Fsp3) is 0.154.